The Bertz CT molecular complexity index is 188. The quantitative estimate of drug-likeness (QED) is 0.733. The van der Waals surface area contributed by atoms with E-state index < -0.39 is 0 Å². The van der Waals surface area contributed by atoms with E-state index in [-0.39, 0.29) is 0 Å². The van der Waals surface area contributed by atoms with Crippen molar-refractivity contribution in [2.75, 3.05) is 40.3 Å². The number of piperidine rings is 1. The molecular formula is C14H31N3. The molecular weight excluding hydrogens is 210 g/mol. The van der Waals surface area contributed by atoms with E-state index in [1.807, 2.05) is 0 Å². The van der Waals surface area contributed by atoms with Crippen LogP contribution in [0, 0.1) is 0 Å². The highest BCUT2D eigenvalue weighted by atomic mass is 15.2. The smallest absolute Gasteiger partial charge is 0.0194 e. The van der Waals surface area contributed by atoms with Crippen LogP contribution in [0.15, 0.2) is 0 Å². The van der Waals surface area contributed by atoms with E-state index in [9.17, 15) is 0 Å². The van der Waals surface area contributed by atoms with Crippen molar-refractivity contribution in [3.63, 3.8) is 0 Å². The maximum absolute atomic E-state index is 3.64. The normalized spacial score (nSPS) is 23.3. The molecule has 2 unspecified atom stereocenters. The van der Waals surface area contributed by atoms with Gasteiger partial charge in [-0.2, -0.15) is 0 Å². The maximum Gasteiger partial charge on any atom is 0.0194 e. The molecule has 1 saturated heterocycles. The minimum atomic E-state index is 0.665. The lowest BCUT2D eigenvalue weighted by Gasteiger charge is -2.32. The highest BCUT2D eigenvalue weighted by Gasteiger charge is 2.16. The Hall–Kier alpha value is -0.120. The van der Waals surface area contributed by atoms with E-state index in [4.69, 9.17) is 0 Å². The molecule has 0 saturated carbocycles. The number of rotatable bonds is 7. The zero-order chi connectivity index (χ0) is 12.7. The first-order valence-electron chi connectivity index (χ1n) is 7.25. The summed E-state index contributed by atoms with van der Waals surface area (Å²) < 4.78 is 0. The minimum Gasteiger partial charge on any atom is -0.314 e. The van der Waals surface area contributed by atoms with Crippen LogP contribution in [0.25, 0.3) is 0 Å². The van der Waals surface area contributed by atoms with Crippen LogP contribution in [0.4, 0.5) is 0 Å². The summed E-state index contributed by atoms with van der Waals surface area (Å²) in [7, 11) is 4.32. The van der Waals surface area contributed by atoms with E-state index in [1.165, 1.54) is 45.3 Å². The van der Waals surface area contributed by atoms with Crippen molar-refractivity contribution in [2.24, 2.45) is 0 Å². The van der Waals surface area contributed by atoms with E-state index in [1.54, 1.807) is 0 Å². The molecule has 0 amide bonds. The Kier molecular flexibility index (Phi) is 7.09. The van der Waals surface area contributed by atoms with Crippen molar-refractivity contribution in [1.82, 2.24) is 15.1 Å². The van der Waals surface area contributed by atoms with Crippen LogP contribution in [0.3, 0.4) is 0 Å². The number of hydrogen-bond acceptors (Lipinski definition) is 3. The monoisotopic (exact) mass is 241 g/mol. The minimum absolute atomic E-state index is 0.665. The van der Waals surface area contributed by atoms with Gasteiger partial charge in [0.05, 0.1) is 0 Å². The molecule has 17 heavy (non-hydrogen) atoms. The standard InChI is InChI=1S/C14H31N3/c1-5-17(13(2)12-16(3)4)11-9-14-8-6-7-10-15-14/h13-15H,5-12H2,1-4H3. The van der Waals surface area contributed by atoms with Crippen LogP contribution in [-0.4, -0.2) is 62.2 Å². The SMILES string of the molecule is CCN(CCC1CCCCN1)C(C)CN(C)C. The summed E-state index contributed by atoms with van der Waals surface area (Å²) in [6.07, 6.45) is 5.47. The molecule has 0 bridgehead atoms. The molecule has 0 aromatic carbocycles. The van der Waals surface area contributed by atoms with Gasteiger partial charge in [-0.25, -0.2) is 0 Å². The zero-order valence-corrected chi connectivity index (χ0v) is 12.2. The Balaban J connectivity index is 2.25. The molecule has 1 aliphatic heterocycles. The summed E-state index contributed by atoms with van der Waals surface area (Å²) in [4.78, 5) is 4.89. The fraction of sp³-hybridized carbons (Fsp3) is 1.00. The average Bonchev–Trinajstić information content (AvgIpc) is 2.30. The highest BCUT2D eigenvalue weighted by molar-refractivity contribution is 4.76. The second kappa shape index (κ2) is 8.06. The molecule has 0 spiro atoms. The molecule has 102 valence electrons. The summed E-state index contributed by atoms with van der Waals surface area (Å²) in [6.45, 7) is 9.42. The third-order valence-electron chi connectivity index (χ3n) is 3.84. The summed E-state index contributed by atoms with van der Waals surface area (Å²) in [6, 6.07) is 1.43. The van der Waals surface area contributed by atoms with Crippen LogP contribution in [-0.2, 0) is 0 Å². The predicted molar refractivity (Wildman–Crippen MR) is 75.5 cm³/mol. The summed E-state index contributed by atoms with van der Waals surface area (Å²) in [5.74, 6) is 0. The molecule has 1 rings (SSSR count). The first-order valence-corrected chi connectivity index (χ1v) is 7.25. The van der Waals surface area contributed by atoms with Crippen LogP contribution >= 0.6 is 0 Å². The number of hydrogen-bond donors (Lipinski definition) is 1. The fourth-order valence-electron chi connectivity index (χ4n) is 2.83. The van der Waals surface area contributed by atoms with Gasteiger partial charge < -0.3 is 10.2 Å². The van der Waals surface area contributed by atoms with Gasteiger partial charge >= 0.3 is 0 Å². The van der Waals surface area contributed by atoms with E-state index in [0.29, 0.717) is 6.04 Å². The van der Waals surface area contributed by atoms with Crippen molar-refractivity contribution in [3.05, 3.63) is 0 Å². The van der Waals surface area contributed by atoms with Gasteiger partial charge in [0.1, 0.15) is 0 Å². The Morgan fingerprint density at radius 1 is 1.29 bits per heavy atom. The van der Waals surface area contributed by atoms with Crippen LogP contribution in [0.1, 0.15) is 39.5 Å². The van der Waals surface area contributed by atoms with Gasteiger partial charge in [0.2, 0.25) is 0 Å². The van der Waals surface area contributed by atoms with E-state index in [0.717, 1.165) is 12.6 Å². The second-order valence-corrected chi connectivity index (χ2v) is 5.68. The number of nitrogens with one attached hydrogen (secondary N) is 1. The van der Waals surface area contributed by atoms with Crippen molar-refractivity contribution < 1.29 is 0 Å². The third-order valence-corrected chi connectivity index (χ3v) is 3.84. The van der Waals surface area contributed by atoms with Crippen LogP contribution < -0.4 is 5.32 Å². The first-order chi connectivity index (χ1) is 8.13. The van der Waals surface area contributed by atoms with Gasteiger partial charge in [-0.15, -0.1) is 0 Å². The predicted octanol–water partition coefficient (Wildman–Crippen LogP) is 1.79. The Morgan fingerprint density at radius 3 is 2.59 bits per heavy atom. The van der Waals surface area contributed by atoms with Crippen molar-refractivity contribution in [3.8, 4) is 0 Å². The number of nitrogens with zero attached hydrogens (tertiary/aromatic N) is 2. The van der Waals surface area contributed by atoms with Crippen molar-refractivity contribution >= 4 is 0 Å². The molecule has 3 nitrogen and oxygen atoms in total. The molecule has 0 radical (unpaired) electrons. The molecule has 0 aromatic heterocycles. The molecule has 1 aliphatic rings. The molecule has 3 heteroatoms. The van der Waals surface area contributed by atoms with Crippen LogP contribution in [0.2, 0.25) is 0 Å². The lowest BCUT2D eigenvalue weighted by Crippen LogP contribution is -2.43. The maximum atomic E-state index is 3.64. The van der Waals surface area contributed by atoms with E-state index >= 15 is 0 Å². The molecule has 1 heterocycles. The van der Waals surface area contributed by atoms with E-state index in [2.05, 4.69) is 43.1 Å². The first kappa shape index (κ1) is 14.9. The molecule has 0 aliphatic carbocycles. The summed E-state index contributed by atoms with van der Waals surface area (Å²) in [5, 5.41) is 3.64. The van der Waals surface area contributed by atoms with Gasteiger partial charge in [-0.05, 0) is 59.9 Å². The molecule has 1 fully saturated rings. The number of likely N-dealkylation sites (N-methyl/N-ethyl adjacent to an activating group) is 2. The second-order valence-electron chi connectivity index (χ2n) is 5.68. The zero-order valence-electron chi connectivity index (χ0n) is 12.2. The Morgan fingerprint density at radius 2 is 2.06 bits per heavy atom. The van der Waals surface area contributed by atoms with Gasteiger partial charge in [0.15, 0.2) is 0 Å². The third kappa shape index (κ3) is 5.84. The van der Waals surface area contributed by atoms with Crippen molar-refractivity contribution in [1.29, 1.82) is 0 Å². The average molecular weight is 241 g/mol. The molecule has 1 N–H and O–H groups in total. The fourth-order valence-corrected chi connectivity index (χ4v) is 2.83. The largest absolute Gasteiger partial charge is 0.314 e. The topological polar surface area (TPSA) is 18.5 Å². The van der Waals surface area contributed by atoms with Gasteiger partial charge in [-0.3, -0.25) is 4.90 Å². The molecule has 0 aromatic rings. The van der Waals surface area contributed by atoms with Crippen LogP contribution in [0.5, 0.6) is 0 Å². The van der Waals surface area contributed by atoms with Gasteiger partial charge in [-0.1, -0.05) is 13.3 Å². The van der Waals surface area contributed by atoms with Gasteiger partial charge in [0, 0.05) is 18.6 Å². The van der Waals surface area contributed by atoms with Gasteiger partial charge in [0.25, 0.3) is 0 Å². The lowest BCUT2D eigenvalue weighted by atomic mass is 10.0. The lowest BCUT2D eigenvalue weighted by molar-refractivity contribution is 0.170. The van der Waals surface area contributed by atoms with Crippen molar-refractivity contribution in [2.45, 2.75) is 51.6 Å². The summed E-state index contributed by atoms with van der Waals surface area (Å²) in [5.41, 5.74) is 0. The highest BCUT2D eigenvalue weighted by Crippen LogP contribution is 2.11. The summed E-state index contributed by atoms with van der Waals surface area (Å²) >= 11 is 0. The Labute approximate surface area is 108 Å². The molecule has 2 atom stereocenters.